The zero-order valence-corrected chi connectivity index (χ0v) is 12.5. The van der Waals surface area contributed by atoms with Crippen molar-refractivity contribution in [3.63, 3.8) is 0 Å². The standard InChI is InChI=1S/C18H17NOS/c20-18(14-5-2-1-3-6-14)15-8-9-16(19-13-15)10-11-17-7-4-12-21-17/h1-8,10-12,16,19H,9,13H2. The summed E-state index contributed by atoms with van der Waals surface area (Å²) in [4.78, 5) is 13.6. The first-order chi connectivity index (χ1) is 10.3. The highest BCUT2D eigenvalue weighted by molar-refractivity contribution is 7.10. The van der Waals surface area contributed by atoms with E-state index in [2.05, 4.69) is 41.1 Å². The lowest BCUT2D eigenvalue weighted by atomic mass is 9.97. The molecule has 0 saturated heterocycles. The third kappa shape index (κ3) is 3.57. The average molecular weight is 295 g/mol. The van der Waals surface area contributed by atoms with Gasteiger partial charge in [-0.1, -0.05) is 48.6 Å². The van der Waals surface area contributed by atoms with E-state index in [1.807, 2.05) is 30.3 Å². The highest BCUT2D eigenvalue weighted by Gasteiger charge is 2.17. The molecule has 3 rings (SSSR count). The Morgan fingerprint density at radius 2 is 2.05 bits per heavy atom. The van der Waals surface area contributed by atoms with E-state index in [-0.39, 0.29) is 5.78 Å². The molecule has 2 nitrogen and oxygen atoms in total. The van der Waals surface area contributed by atoms with Crippen LogP contribution in [0.25, 0.3) is 6.08 Å². The van der Waals surface area contributed by atoms with E-state index in [1.165, 1.54) is 4.88 Å². The minimum atomic E-state index is 0.129. The van der Waals surface area contributed by atoms with Crippen molar-refractivity contribution in [2.75, 3.05) is 6.54 Å². The van der Waals surface area contributed by atoms with Crippen molar-refractivity contribution < 1.29 is 4.79 Å². The summed E-state index contributed by atoms with van der Waals surface area (Å²) >= 11 is 1.73. The molecule has 0 radical (unpaired) electrons. The van der Waals surface area contributed by atoms with E-state index < -0.39 is 0 Å². The van der Waals surface area contributed by atoms with Gasteiger partial charge in [-0.15, -0.1) is 11.3 Å². The summed E-state index contributed by atoms with van der Waals surface area (Å²) in [6, 6.07) is 13.9. The van der Waals surface area contributed by atoms with Crippen molar-refractivity contribution in [3.8, 4) is 0 Å². The summed E-state index contributed by atoms with van der Waals surface area (Å²) < 4.78 is 0. The van der Waals surface area contributed by atoms with Gasteiger partial charge in [0.25, 0.3) is 0 Å². The van der Waals surface area contributed by atoms with Crippen molar-refractivity contribution in [2.24, 2.45) is 0 Å². The van der Waals surface area contributed by atoms with E-state index in [1.54, 1.807) is 11.3 Å². The highest BCUT2D eigenvalue weighted by Crippen LogP contribution is 2.16. The Bertz CT molecular complexity index is 656. The molecule has 106 valence electrons. The van der Waals surface area contributed by atoms with Crippen molar-refractivity contribution in [1.82, 2.24) is 5.32 Å². The van der Waals surface area contributed by atoms with Gasteiger partial charge in [0.05, 0.1) is 0 Å². The van der Waals surface area contributed by atoms with Crippen LogP contribution in [0.3, 0.4) is 0 Å². The number of rotatable bonds is 4. The number of hydrogen-bond donors (Lipinski definition) is 1. The Labute approximate surface area is 128 Å². The van der Waals surface area contributed by atoms with Crippen LogP contribution in [0.5, 0.6) is 0 Å². The zero-order chi connectivity index (χ0) is 14.5. The number of carbonyl (C=O) groups excluding carboxylic acids is 1. The second-order valence-corrected chi connectivity index (χ2v) is 6.00. The fourth-order valence-corrected chi connectivity index (χ4v) is 2.99. The number of hydrogen-bond acceptors (Lipinski definition) is 3. The molecule has 0 bridgehead atoms. The number of benzene rings is 1. The van der Waals surface area contributed by atoms with E-state index in [9.17, 15) is 4.79 Å². The molecule has 0 saturated carbocycles. The number of Topliss-reactive ketones (excluding diaryl/α,β-unsaturated/α-hetero) is 1. The molecule has 1 N–H and O–H groups in total. The summed E-state index contributed by atoms with van der Waals surface area (Å²) in [6.07, 6.45) is 7.23. The minimum Gasteiger partial charge on any atom is -0.306 e. The number of thiophene rings is 1. The van der Waals surface area contributed by atoms with Gasteiger partial charge in [0, 0.05) is 28.6 Å². The molecule has 1 unspecified atom stereocenters. The minimum absolute atomic E-state index is 0.129. The fraction of sp³-hybridized carbons (Fsp3) is 0.167. The predicted octanol–water partition coefficient (Wildman–Crippen LogP) is 3.93. The van der Waals surface area contributed by atoms with Crippen LogP contribution in [-0.4, -0.2) is 18.4 Å². The Morgan fingerprint density at radius 1 is 1.19 bits per heavy atom. The third-order valence-electron chi connectivity index (χ3n) is 3.54. The van der Waals surface area contributed by atoms with Crippen LogP contribution < -0.4 is 5.32 Å². The van der Waals surface area contributed by atoms with E-state index >= 15 is 0 Å². The van der Waals surface area contributed by atoms with E-state index in [0.717, 1.165) is 17.6 Å². The number of ketones is 1. The molecular formula is C18H17NOS. The lowest BCUT2D eigenvalue weighted by molar-refractivity contribution is 0.103. The van der Waals surface area contributed by atoms with Crippen LogP contribution in [0.15, 0.2) is 65.6 Å². The fourth-order valence-electron chi connectivity index (χ4n) is 2.36. The van der Waals surface area contributed by atoms with E-state index in [4.69, 9.17) is 0 Å². The SMILES string of the molecule is O=C(C1=CCC(C=Cc2cccs2)NC1)c1ccccc1. The zero-order valence-electron chi connectivity index (χ0n) is 11.7. The lowest BCUT2D eigenvalue weighted by Crippen LogP contribution is -2.34. The smallest absolute Gasteiger partial charge is 0.189 e. The first kappa shape index (κ1) is 14.0. The van der Waals surface area contributed by atoms with Crippen molar-refractivity contribution in [1.29, 1.82) is 0 Å². The maximum atomic E-state index is 12.3. The van der Waals surface area contributed by atoms with Gasteiger partial charge in [0.15, 0.2) is 5.78 Å². The Kier molecular flexibility index (Phi) is 4.43. The molecule has 3 heteroatoms. The largest absolute Gasteiger partial charge is 0.306 e. The van der Waals surface area contributed by atoms with E-state index in [0.29, 0.717) is 12.6 Å². The summed E-state index contributed by atoms with van der Waals surface area (Å²) in [5.74, 6) is 0.129. The molecule has 1 aromatic heterocycles. The van der Waals surface area contributed by atoms with Crippen molar-refractivity contribution >= 4 is 23.2 Å². The molecule has 21 heavy (non-hydrogen) atoms. The number of carbonyl (C=O) groups is 1. The van der Waals surface area contributed by atoms with Crippen LogP contribution in [0.4, 0.5) is 0 Å². The Morgan fingerprint density at radius 3 is 2.71 bits per heavy atom. The summed E-state index contributed by atoms with van der Waals surface area (Å²) in [7, 11) is 0. The molecule has 0 amide bonds. The quantitative estimate of drug-likeness (QED) is 0.866. The van der Waals surface area contributed by atoms with Crippen LogP contribution in [-0.2, 0) is 0 Å². The molecule has 0 fully saturated rings. The molecular weight excluding hydrogens is 278 g/mol. The first-order valence-electron chi connectivity index (χ1n) is 7.07. The Balaban J connectivity index is 1.63. The predicted molar refractivity (Wildman–Crippen MR) is 88.6 cm³/mol. The summed E-state index contributed by atoms with van der Waals surface area (Å²) in [5.41, 5.74) is 1.63. The van der Waals surface area contributed by atoms with Crippen molar-refractivity contribution in [2.45, 2.75) is 12.5 Å². The van der Waals surface area contributed by atoms with Gasteiger partial charge in [0.2, 0.25) is 0 Å². The molecule has 2 aromatic rings. The normalized spacial score (nSPS) is 18.7. The summed E-state index contributed by atoms with van der Waals surface area (Å²) in [6.45, 7) is 0.632. The van der Waals surface area contributed by atoms with Gasteiger partial charge >= 0.3 is 0 Å². The molecule has 2 heterocycles. The Hall–Kier alpha value is -1.97. The molecule has 0 aliphatic carbocycles. The van der Waals surface area contributed by atoms with Crippen LogP contribution in [0, 0.1) is 0 Å². The monoisotopic (exact) mass is 295 g/mol. The molecule has 1 aromatic carbocycles. The molecule has 1 aliphatic heterocycles. The topological polar surface area (TPSA) is 29.1 Å². The van der Waals surface area contributed by atoms with Crippen molar-refractivity contribution in [3.05, 3.63) is 76.0 Å². The highest BCUT2D eigenvalue weighted by atomic mass is 32.1. The third-order valence-corrected chi connectivity index (χ3v) is 4.37. The molecule has 0 spiro atoms. The maximum Gasteiger partial charge on any atom is 0.189 e. The van der Waals surface area contributed by atoms with Gasteiger partial charge in [-0.05, 0) is 23.9 Å². The van der Waals surface area contributed by atoms with Gasteiger partial charge in [-0.25, -0.2) is 0 Å². The first-order valence-corrected chi connectivity index (χ1v) is 7.95. The van der Waals surface area contributed by atoms with Crippen LogP contribution in [0.2, 0.25) is 0 Å². The molecule has 1 atom stereocenters. The van der Waals surface area contributed by atoms with Crippen LogP contribution in [0.1, 0.15) is 21.7 Å². The lowest BCUT2D eigenvalue weighted by Gasteiger charge is -2.20. The second-order valence-electron chi connectivity index (χ2n) is 5.02. The van der Waals surface area contributed by atoms with Gasteiger partial charge in [0.1, 0.15) is 0 Å². The maximum absolute atomic E-state index is 12.3. The van der Waals surface area contributed by atoms with Gasteiger partial charge in [-0.3, -0.25) is 4.79 Å². The average Bonchev–Trinajstić information content (AvgIpc) is 3.07. The van der Waals surface area contributed by atoms with Gasteiger partial charge in [-0.2, -0.15) is 0 Å². The second kappa shape index (κ2) is 6.66. The van der Waals surface area contributed by atoms with Crippen LogP contribution >= 0.6 is 11.3 Å². The van der Waals surface area contributed by atoms with Gasteiger partial charge < -0.3 is 5.32 Å². The number of nitrogens with one attached hydrogen (secondary N) is 1. The molecule has 1 aliphatic rings. The summed E-state index contributed by atoms with van der Waals surface area (Å²) in [5, 5.41) is 5.48.